The first-order valence-electron chi connectivity index (χ1n) is 10.4. The third-order valence-electron chi connectivity index (χ3n) is 5.33. The van der Waals surface area contributed by atoms with Crippen molar-refractivity contribution in [2.24, 2.45) is 0 Å². The van der Waals surface area contributed by atoms with Crippen molar-refractivity contribution in [1.29, 1.82) is 0 Å². The molecule has 0 saturated heterocycles. The number of carbonyl (C=O) groups excluding carboxylic acids is 1. The number of methoxy groups -OCH3 is 1. The molecule has 6 nitrogen and oxygen atoms in total. The quantitative estimate of drug-likeness (QED) is 0.245. The lowest BCUT2D eigenvalue weighted by molar-refractivity contribution is -0.137. The molecule has 0 aliphatic heterocycles. The number of carbonyl (C=O) groups is 1. The Labute approximate surface area is 195 Å². The fraction of sp³-hybridized carbons (Fsp3) is 0.115. The molecule has 164 valence electrons. The molecular formula is C26H21N3O3S. The van der Waals surface area contributed by atoms with Crippen LogP contribution in [0, 0.1) is 6.92 Å². The molecule has 1 N–H and O–H groups in total. The van der Waals surface area contributed by atoms with Crippen molar-refractivity contribution in [3.8, 4) is 33.8 Å². The van der Waals surface area contributed by atoms with Gasteiger partial charge in [-0.2, -0.15) is 0 Å². The van der Waals surface area contributed by atoms with Gasteiger partial charge in [0.15, 0.2) is 5.82 Å². The van der Waals surface area contributed by atoms with Crippen molar-refractivity contribution in [2.75, 3.05) is 12.9 Å². The Hall–Kier alpha value is -3.84. The highest BCUT2D eigenvalue weighted by molar-refractivity contribution is 7.99. The van der Waals surface area contributed by atoms with Crippen molar-refractivity contribution in [1.82, 2.24) is 15.2 Å². The predicted molar refractivity (Wildman–Crippen MR) is 130 cm³/mol. The minimum Gasteiger partial charge on any atom is -0.468 e. The number of benzene rings is 3. The van der Waals surface area contributed by atoms with Crippen molar-refractivity contribution in [3.05, 3.63) is 78.6 Å². The first-order valence-corrected chi connectivity index (χ1v) is 11.4. The summed E-state index contributed by atoms with van der Waals surface area (Å²) < 4.78 is 10.6. The minimum absolute atomic E-state index is 0.155. The Morgan fingerprint density at radius 2 is 1.73 bits per heavy atom. The smallest absolute Gasteiger partial charge is 0.316 e. The number of thioether (sulfide) groups is 1. The lowest BCUT2D eigenvalue weighted by Gasteiger charge is -2.09. The van der Waals surface area contributed by atoms with Crippen LogP contribution in [-0.2, 0) is 9.53 Å². The predicted octanol–water partition coefficient (Wildman–Crippen LogP) is 6.13. The zero-order valence-electron chi connectivity index (χ0n) is 18.2. The standard InChI is InChI=1S/C26H21N3O3S/c1-16-7-10-23(32-16)21-12-20(19-9-8-17-5-3-4-6-18(17)11-19)13-22(14-21)25-27-26(29-28-25)33-15-24(30)31-2/h3-14H,15H2,1-2H3,(H,27,28,29). The van der Waals surface area contributed by atoms with Crippen LogP contribution >= 0.6 is 11.8 Å². The number of fused-ring (bicyclic) bond motifs is 1. The Balaban J connectivity index is 1.57. The van der Waals surface area contributed by atoms with Crippen molar-refractivity contribution in [2.45, 2.75) is 12.1 Å². The number of aromatic amines is 1. The van der Waals surface area contributed by atoms with Gasteiger partial charge in [-0.15, -0.1) is 5.10 Å². The highest BCUT2D eigenvalue weighted by Gasteiger charge is 2.14. The molecule has 5 rings (SSSR count). The molecule has 0 fully saturated rings. The van der Waals surface area contributed by atoms with Gasteiger partial charge in [0.2, 0.25) is 5.16 Å². The second-order valence-electron chi connectivity index (χ2n) is 7.60. The number of hydrogen-bond donors (Lipinski definition) is 1. The van der Waals surface area contributed by atoms with Crippen molar-refractivity contribution in [3.63, 3.8) is 0 Å². The number of aromatic nitrogens is 3. The van der Waals surface area contributed by atoms with Crippen molar-refractivity contribution < 1.29 is 13.9 Å². The van der Waals surface area contributed by atoms with Gasteiger partial charge in [0.05, 0.1) is 12.9 Å². The first kappa shape index (κ1) is 21.0. The number of esters is 1. The van der Waals surface area contributed by atoms with Crippen LogP contribution in [0.2, 0.25) is 0 Å². The number of furan rings is 1. The highest BCUT2D eigenvalue weighted by atomic mass is 32.2. The Morgan fingerprint density at radius 1 is 0.939 bits per heavy atom. The summed E-state index contributed by atoms with van der Waals surface area (Å²) in [5, 5.41) is 10.1. The molecule has 2 heterocycles. The van der Waals surface area contributed by atoms with Crippen molar-refractivity contribution >= 4 is 28.5 Å². The molecule has 0 aliphatic carbocycles. The van der Waals surface area contributed by atoms with E-state index in [-0.39, 0.29) is 11.7 Å². The van der Waals surface area contributed by atoms with Crippen LogP contribution in [-0.4, -0.2) is 34.0 Å². The molecule has 0 saturated carbocycles. The molecule has 2 aromatic heterocycles. The van der Waals surface area contributed by atoms with Gasteiger partial charge >= 0.3 is 5.97 Å². The third-order valence-corrected chi connectivity index (χ3v) is 6.15. The number of aryl methyl sites for hydroxylation is 1. The lowest BCUT2D eigenvalue weighted by Crippen LogP contribution is -2.03. The number of nitrogens with one attached hydrogen (secondary N) is 1. The molecule has 0 spiro atoms. The highest BCUT2D eigenvalue weighted by Crippen LogP contribution is 2.34. The van der Waals surface area contributed by atoms with E-state index in [1.54, 1.807) is 0 Å². The zero-order chi connectivity index (χ0) is 22.8. The molecule has 0 radical (unpaired) electrons. The summed E-state index contributed by atoms with van der Waals surface area (Å²) in [6.07, 6.45) is 0. The van der Waals surface area contributed by atoms with Crippen LogP contribution in [0.3, 0.4) is 0 Å². The van der Waals surface area contributed by atoms with E-state index in [9.17, 15) is 4.79 Å². The molecule has 0 amide bonds. The maximum absolute atomic E-state index is 11.4. The summed E-state index contributed by atoms with van der Waals surface area (Å²) in [6.45, 7) is 1.93. The largest absolute Gasteiger partial charge is 0.468 e. The molecule has 7 heteroatoms. The monoisotopic (exact) mass is 455 g/mol. The molecular weight excluding hydrogens is 434 g/mol. The molecule has 0 atom stereocenters. The molecule has 33 heavy (non-hydrogen) atoms. The summed E-state index contributed by atoms with van der Waals surface area (Å²) in [5.74, 6) is 2.09. The van der Waals surface area contributed by atoms with Crippen LogP contribution in [0.15, 0.2) is 82.4 Å². The number of ether oxygens (including phenoxy) is 1. The topological polar surface area (TPSA) is 81.0 Å². The number of H-pyrrole nitrogens is 1. The molecule has 0 bridgehead atoms. The average molecular weight is 456 g/mol. The third kappa shape index (κ3) is 4.54. The van der Waals surface area contributed by atoms with Gasteiger partial charge in [-0.1, -0.05) is 48.2 Å². The Kier molecular flexibility index (Phi) is 5.71. The van der Waals surface area contributed by atoms with E-state index in [2.05, 4.69) is 62.4 Å². The van der Waals surface area contributed by atoms with Gasteiger partial charge in [-0.25, -0.2) is 4.98 Å². The summed E-state index contributed by atoms with van der Waals surface area (Å²) in [5.41, 5.74) is 3.97. The molecule has 0 aliphatic rings. The van der Waals surface area contributed by atoms with Crippen LogP contribution in [0.25, 0.3) is 44.6 Å². The number of hydrogen-bond acceptors (Lipinski definition) is 6. The normalized spacial score (nSPS) is 11.1. The summed E-state index contributed by atoms with van der Waals surface area (Å²) in [7, 11) is 1.36. The summed E-state index contributed by atoms with van der Waals surface area (Å²) in [4.78, 5) is 16.0. The first-order chi connectivity index (χ1) is 16.1. The van der Waals surface area contributed by atoms with Gasteiger partial charge in [-0.3, -0.25) is 9.89 Å². The fourth-order valence-electron chi connectivity index (χ4n) is 3.65. The van der Waals surface area contributed by atoms with Gasteiger partial charge < -0.3 is 9.15 Å². The summed E-state index contributed by atoms with van der Waals surface area (Å²) >= 11 is 1.23. The van der Waals surface area contributed by atoms with E-state index < -0.39 is 0 Å². The summed E-state index contributed by atoms with van der Waals surface area (Å²) in [6, 6.07) is 24.9. The lowest BCUT2D eigenvalue weighted by atomic mass is 9.96. The van der Waals surface area contributed by atoms with E-state index in [1.807, 2.05) is 37.3 Å². The Morgan fingerprint density at radius 3 is 2.52 bits per heavy atom. The zero-order valence-corrected chi connectivity index (χ0v) is 19.0. The van der Waals surface area contributed by atoms with Crippen LogP contribution in [0.5, 0.6) is 0 Å². The number of rotatable bonds is 6. The van der Waals surface area contributed by atoms with E-state index in [0.29, 0.717) is 11.0 Å². The maximum Gasteiger partial charge on any atom is 0.316 e. The van der Waals surface area contributed by atoms with Crippen LogP contribution in [0.1, 0.15) is 5.76 Å². The van der Waals surface area contributed by atoms with Gasteiger partial charge in [0, 0.05) is 11.1 Å². The van der Waals surface area contributed by atoms with E-state index in [4.69, 9.17) is 4.42 Å². The molecule has 0 unspecified atom stereocenters. The second-order valence-corrected chi connectivity index (χ2v) is 8.55. The van der Waals surface area contributed by atoms with Crippen LogP contribution in [0.4, 0.5) is 0 Å². The number of nitrogens with zero attached hydrogens (tertiary/aromatic N) is 2. The minimum atomic E-state index is -0.319. The fourth-order valence-corrected chi connectivity index (χ4v) is 4.29. The van der Waals surface area contributed by atoms with E-state index in [1.165, 1.54) is 29.6 Å². The molecule has 3 aromatic carbocycles. The Bertz CT molecular complexity index is 1450. The van der Waals surface area contributed by atoms with E-state index >= 15 is 0 Å². The maximum atomic E-state index is 11.4. The average Bonchev–Trinajstić information content (AvgIpc) is 3.51. The second kappa shape index (κ2) is 8.96. The molecule has 5 aromatic rings. The van der Waals surface area contributed by atoms with E-state index in [0.717, 1.165) is 33.8 Å². The van der Waals surface area contributed by atoms with Gasteiger partial charge in [-0.05, 0) is 65.2 Å². The SMILES string of the molecule is COC(=O)CSc1n[nH]c(-c2cc(-c3ccc4ccccc4c3)cc(-c3ccc(C)o3)c2)n1. The van der Waals surface area contributed by atoms with Gasteiger partial charge in [0.25, 0.3) is 0 Å². The van der Waals surface area contributed by atoms with Gasteiger partial charge in [0.1, 0.15) is 11.5 Å². The van der Waals surface area contributed by atoms with Crippen LogP contribution < -0.4 is 0 Å².